The molecule has 0 saturated carbocycles. The first-order chi connectivity index (χ1) is 6.86. The van der Waals surface area contributed by atoms with Crippen LogP contribution < -0.4 is 0 Å². The molecule has 1 fully saturated rings. The van der Waals surface area contributed by atoms with Crippen LogP contribution in [0.1, 0.15) is 13.8 Å². The zero-order chi connectivity index (χ0) is 11.7. The minimum absolute atomic E-state index is 0.257. The lowest BCUT2D eigenvalue weighted by molar-refractivity contribution is -0.278. The maximum Gasteiger partial charge on any atom is 0.184 e. The minimum atomic E-state index is -1.63. The summed E-state index contributed by atoms with van der Waals surface area (Å²) in [5, 5.41) is 46.7. The van der Waals surface area contributed by atoms with Crippen molar-refractivity contribution in [2.45, 2.75) is 44.6 Å². The third-order valence-electron chi connectivity index (χ3n) is 2.37. The van der Waals surface area contributed by atoms with Crippen LogP contribution in [0.25, 0.3) is 0 Å². The Morgan fingerprint density at radius 3 is 1.93 bits per heavy atom. The summed E-state index contributed by atoms with van der Waals surface area (Å²) in [5.74, 6) is -0.257. The van der Waals surface area contributed by atoms with Crippen molar-refractivity contribution in [2.75, 3.05) is 0 Å². The largest absolute Gasteiger partial charge is 0.510 e. The predicted molar refractivity (Wildman–Crippen MR) is 49.9 cm³/mol. The van der Waals surface area contributed by atoms with Crippen LogP contribution in [0.4, 0.5) is 0 Å². The van der Waals surface area contributed by atoms with E-state index < -0.39 is 30.7 Å². The number of aliphatic hydroxyl groups excluding tert-OH is 5. The normalized spacial score (nSPS) is 41.3. The first-order valence-corrected chi connectivity index (χ1v) is 4.60. The van der Waals surface area contributed by atoms with Crippen molar-refractivity contribution in [2.24, 2.45) is 0 Å². The van der Waals surface area contributed by atoms with Gasteiger partial charge in [0.2, 0.25) is 0 Å². The van der Waals surface area contributed by atoms with E-state index in [1.807, 2.05) is 0 Å². The molecular weight excluding hydrogens is 204 g/mol. The van der Waals surface area contributed by atoms with Gasteiger partial charge < -0.3 is 30.3 Å². The molecule has 0 amide bonds. The summed E-state index contributed by atoms with van der Waals surface area (Å²) in [5.41, 5.74) is 0.495. The van der Waals surface area contributed by atoms with E-state index >= 15 is 0 Å². The lowest BCUT2D eigenvalue weighted by Gasteiger charge is -2.38. The zero-order valence-electron chi connectivity index (χ0n) is 8.53. The number of hydrogen-bond donors (Lipinski definition) is 5. The molecule has 5 N–H and O–H groups in total. The number of aliphatic hydroxyl groups is 5. The summed E-state index contributed by atoms with van der Waals surface area (Å²) >= 11 is 0. The molecule has 0 aliphatic carbocycles. The number of allylic oxidation sites excluding steroid dienone is 1. The molecule has 0 aromatic heterocycles. The van der Waals surface area contributed by atoms with Gasteiger partial charge in [0, 0.05) is 0 Å². The average molecular weight is 220 g/mol. The molecule has 1 unspecified atom stereocenters. The molecule has 0 spiro atoms. The molecule has 0 bridgehead atoms. The molecule has 1 aliphatic heterocycles. The fraction of sp³-hybridized carbons (Fsp3) is 0.778. The Bertz CT molecular complexity index is 259. The SMILES string of the molecule is CC(C)=C(O)[C@H]1OC(O)[C@H](O)[C@@H](O)[C@H]1O. The van der Waals surface area contributed by atoms with E-state index in [9.17, 15) is 25.5 Å². The lowest BCUT2D eigenvalue weighted by atomic mass is 9.96. The van der Waals surface area contributed by atoms with Crippen LogP contribution in [0, 0.1) is 0 Å². The molecule has 6 heteroatoms. The van der Waals surface area contributed by atoms with E-state index in [4.69, 9.17) is 4.74 Å². The van der Waals surface area contributed by atoms with Crippen LogP contribution in [0.3, 0.4) is 0 Å². The fourth-order valence-corrected chi connectivity index (χ4v) is 1.37. The van der Waals surface area contributed by atoms with Crippen molar-refractivity contribution in [3.8, 4) is 0 Å². The number of rotatable bonds is 1. The minimum Gasteiger partial charge on any atom is -0.510 e. The van der Waals surface area contributed by atoms with Crippen molar-refractivity contribution < 1.29 is 30.3 Å². The monoisotopic (exact) mass is 220 g/mol. The van der Waals surface area contributed by atoms with E-state index in [1.54, 1.807) is 13.8 Å². The zero-order valence-corrected chi connectivity index (χ0v) is 8.53. The van der Waals surface area contributed by atoms with Crippen LogP contribution in [-0.4, -0.2) is 56.2 Å². The second kappa shape index (κ2) is 4.46. The van der Waals surface area contributed by atoms with Crippen LogP contribution >= 0.6 is 0 Å². The first-order valence-electron chi connectivity index (χ1n) is 4.60. The highest BCUT2D eigenvalue weighted by atomic mass is 16.6. The van der Waals surface area contributed by atoms with Gasteiger partial charge in [-0.15, -0.1) is 0 Å². The van der Waals surface area contributed by atoms with E-state index in [0.29, 0.717) is 5.57 Å². The maximum absolute atomic E-state index is 9.53. The van der Waals surface area contributed by atoms with E-state index in [0.717, 1.165) is 0 Å². The van der Waals surface area contributed by atoms with Gasteiger partial charge in [-0.1, -0.05) is 0 Å². The Labute approximate surface area is 87.0 Å². The van der Waals surface area contributed by atoms with Gasteiger partial charge in [-0.3, -0.25) is 0 Å². The summed E-state index contributed by atoms with van der Waals surface area (Å²) in [6, 6.07) is 0. The molecule has 15 heavy (non-hydrogen) atoms. The molecule has 1 heterocycles. The summed E-state index contributed by atoms with van der Waals surface area (Å²) in [6.45, 7) is 3.18. The van der Waals surface area contributed by atoms with Crippen LogP contribution in [-0.2, 0) is 4.74 Å². The molecule has 88 valence electrons. The summed E-state index contributed by atoms with van der Waals surface area (Å²) < 4.78 is 4.79. The Kier molecular flexibility index (Phi) is 3.69. The van der Waals surface area contributed by atoms with E-state index in [2.05, 4.69) is 0 Å². The molecule has 1 rings (SSSR count). The predicted octanol–water partition coefficient (Wildman–Crippen LogP) is -1.36. The molecule has 0 aromatic carbocycles. The molecule has 1 saturated heterocycles. The highest BCUT2D eigenvalue weighted by Gasteiger charge is 2.44. The number of hydrogen-bond acceptors (Lipinski definition) is 6. The van der Waals surface area contributed by atoms with Gasteiger partial charge in [0.25, 0.3) is 0 Å². The second-order valence-electron chi connectivity index (χ2n) is 3.80. The van der Waals surface area contributed by atoms with Gasteiger partial charge >= 0.3 is 0 Å². The highest BCUT2D eigenvalue weighted by Crippen LogP contribution is 2.24. The van der Waals surface area contributed by atoms with Gasteiger partial charge in [-0.05, 0) is 19.4 Å². The van der Waals surface area contributed by atoms with Crippen LogP contribution in [0.15, 0.2) is 11.3 Å². The van der Waals surface area contributed by atoms with Crippen molar-refractivity contribution in [3.05, 3.63) is 11.3 Å². The van der Waals surface area contributed by atoms with Gasteiger partial charge in [0.1, 0.15) is 30.2 Å². The quantitative estimate of drug-likeness (QED) is 0.349. The molecule has 1 aliphatic rings. The lowest BCUT2D eigenvalue weighted by Crippen LogP contribution is -2.58. The standard InChI is InChI=1S/C9H16O6/c1-3(2)4(10)8-6(12)5(11)7(13)9(14)15-8/h5-14H,1-2H3/t5-,6+,7+,8+,9?/m0/s1. The fourth-order valence-electron chi connectivity index (χ4n) is 1.37. The number of ether oxygens (including phenoxy) is 1. The molecule has 5 atom stereocenters. The van der Waals surface area contributed by atoms with Gasteiger partial charge in [0.15, 0.2) is 6.29 Å². The second-order valence-corrected chi connectivity index (χ2v) is 3.80. The Hall–Kier alpha value is -0.660. The van der Waals surface area contributed by atoms with Gasteiger partial charge in [-0.2, -0.15) is 0 Å². The van der Waals surface area contributed by atoms with Crippen molar-refractivity contribution in [1.82, 2.24) is 0 Å². The third kappa shape index (κ3) is 2.30. The molecular formula is C9H16O6. The third-order valence-corrected chi connectivity index (χ3v) is 2.37. The Balaban J connectivity index is 2.89. The summed E-state index contributed by atoms with van der Waals surface area (Å²) in [7, 11) is 0. The van der Waals surface area contributed by atoms with Crippen molar-refractivity contribution in [1.29, 1.82) is 0 Å². The molecule has 0 aromatic rings. The highest BCUT2D eigenvalue weighted by molar-refractivity contribution is 5.11. The van der Waals surface area contributed by atoms with Gasteiger partial charge in [0.05, 0.1) is 0 Å². The van der Waals surface area contributed by atoms with Crippen LogP contribution in [0.2, 0.25) is 0 Å². The smallest absolute Gasteiger partial charge is 0.184 e. The Morgan fingerprint density at radius 1 is 0.933 bits per heavy atom. The van der Waals surface area contributed by atoms with Gasteiger partial charge in [-0.25, -0.2) is 0 Å². The average Bonchev–Trinajstić information content (AvgIpc) is 2.19. The maximum atomic E-state index is 9.53. The van der Waals surface area contributed by atoms with Crippen LogP contribution in [0.5, 0.6) is 0 Å². The topological polar surface area (TPSA) is 110 Å². The van der Waals surface area contributed by atoms with Crippen molar-refractivity contribution in [3.63, 3.8) is 0 Å². The summed E-state index contributed by atoms with van der Waals surface area (Å²) in [4.78, 5) is 0. The van der Waals surface area contributed by atoms with E-state index in [1.165, 1.54) is 0 Å². The first kappa shape index (κ1) is 12.4. The Morgan fingerprint density at radius 2 is 1.47 bits per heavy atom. The summed E-state index contributed by atoms with van der Waals surface area (Å²) in [6.07, 6.45) is -7.46. The molecule has 6 nitrogen and oxygen atoms in total. The van der Waals surface area contributed by atoms with Crippen molar-refractivity contribution >= 4 is 0 Å². The molecule has 0 radical (unpaired) electrons. The van der Waals surface area contributed by atoms with E-state index in [-0.39, 0.29) is 5.76 Å².